The second kappa shape index (κ2) is 4.58. The first kappa shape index (κ1) is 12.4. The smallest absolute Gasteiger partial charge is 0.136 e. The van der Waals surface area contributed by atoms with Gasteiger partial charge in [0.2, 0.25) is 0 Å². The Labute approximate surface area is 116 Å². The van der Waals surface area contributed by atoms with E-state index in [0.717, 1.165) is 48.9 Å². The Morgan fingerprint density at radius 2 is 1.53 bits per heavy atom. The Hall–Kier alpha value is -0.370. The lowest BCUT2D eigenvalue weighted by atomic mass is 9.53. The van der Waals surface area contributed by atoms with Gasteiger partial charge in [-0.2, -0.15) is 0 Å². The van der Waals surface area contributed by atoms with Gasteiger partial charge in [0.25, 0.3) is 0 Å². The molecule has 0 heterocycles. The molecular weight excluding hydrogens is 236 g/mol. The van der Waals surface area contributed by atoms with Crippen LogP contribution < -0.4 is 0 Å². The lowest BCUT2D eigenvalue weighted by Crippen LogP contribution is -2.45. The van der Waals surface area contributed by atoms with E-state index in [4.69, 9.17) is 0 Å². The van der Waals surface area contributed by atoms with Crippen molar-refractivity contribution in [2.75, 3.05) is 0 Å². The molecule has 0 aromatic rings. The van der Waals surface area contributed by atoms with E-state index in [1.54, 1.807) is 0 Å². The average molecular weight is 262 g/mol. The summed E-state index contributed by atoms with van der Waals surface area (Å²) in [5.74, 6) is 5.15. The zero-order chi connectivity index (χ0) is 13.0. The maximum Gasteiger partial charge on any atom is 0.136 e. The fraction of sp³-hybridized carbons (Fsp3) is 0.941. The third kappa shape index (κ3) is 1.90. The maximum absolute atomic E-state index is 12.0. The molecule has 2 heteroatoms. The Balaban J connectivity index is 1.54. The normalized spacial score (nSPS) is 53.3. The van der Waals surface area contributed by atoms with Crippen LogP contribution in [-0.2, 0) is 4.79 Å². The van der Waals surface area contributed by atoms with Crippen LogP contribution in [-0.4, -0.2) is 17.0 Å². The highest BCUT2D eigenvalue weighted by Gasteiger charge is 2.51. The SMILES string of the molecule is O=C1CC[C@H]2[C@@H]3CC[C@@H]4C[C@@H](O)CC[C@@H]4[C@H]3CC[C@@H]12. The molecule has 0 saturated heterocycles. The molecule has 4 saturated carbocycles. The third-order valence-corrected chi connectivity index (χ3v) is 7.00. The molecule has 2 nitrogen and oxygen atoms in total. The largest absolute Gasteiger partial charge is 0.393 e. The van der Waals surface area contributed by atoms with Crippen LogP contribution in [0.5, 0.6) is 0 Å². The summed E-state index contributed by atoms with van der Waals surface area (Å²) >= 11 is 0. The van der Waals surface area contributed by atoms with Gasteiger partial charge in [0.15, 0.2) is 0 Å². The second-order valence-electron chi connectivity index (χ2n) is 7.65. The van der Waals surface area contributed by atoms with E-state index >= 15 is 0 Å². The molecule has 4 aliphatic carbocycles. The average Bonchev–Trinajstić information content (AvgIpc) is 2.80. The van der Waals surface area contributed by atoms with Crippen LogP contribution in [0.25, 0.3) is 0 Å². The molecule has 0 aromatic carbocycles. The summed E-state index contributed by atoms with van der Waals surface area (Å²) in [5, 5.41) is 9.88. The van der Waals surface area contributed by atoms with Crippen LogP contribution in [0, 0.1) is 35.5 Å². The Kier molecular flexibility index (Phi) is 2.98. The van der Waals surface area contributed by atoms with Crippen molar-refractivity contribution in [2.24, 2.45) is 35.5 Å². The van der Waals surface area contributed by atoms with Crippen LogP contribution in [0.1, 0.15) is 57.8 Å². The topological polar surface area (TPSA) is 37.3 Å². The Bertz CT molecular complexity index is 377. The monoisotopic (exact) mass is 262 g/mol. The number of ketones is 1. The number of rotatable bonds is 0. The fourth-order valence-corrected chi connectivity index (χ4v) is 6.25. The van der Waals surface area contributed by atoms with Crippen molar-refractivity contribution in [1.82, 2.24) is 0 Å². The zero-order valence-electron chi connectivity index (χ0n) is 11.8. The third-order valence-electron chi connectivity index (χ3n) is 7.00. The van der Waals surface area contributed by atoms with Gasteiger partial charge in [-0.3, -0.25) is 4.79 Å². The van der Waals surface area contributed by atoms with E-state index in [9.17, 15) is 9.90 Å². The van der Waals surface area contributed by atoms with Gasteiger partial charge < -0.3 is 5.11 Å². The van der Waals surface area contributed by atoms with Crippen molar-refractivity contribution in [3.63, 3.8) is 0 Å². The van der Waals surface area contributed by atoms with Crippen molar-refractivity contribution < 1.29 is 9.90 Å². The van der Waals surface area contributed by atoms with Gasteiger partial charge in [-0.15, -0.1) is 0 Å². The molecule has 0 radical (unpaired) electrons. The van der Waals surface area contributed by atoms with Gasteiger partial charge in [0, 0.05) is 12.3 Å². The molecule has 4 fully saturated rings. The molecule has 0 aliphatic heterocycles. The molecule has 19 heavy (non-hydrogen) atoms. The summed E-state index contributed by atoms with van der Waals surface area (Å²) in [6.45, 7) is 0. The van der Waals surface area contributed by atoms with Gasteiger partial charge in [-0.1, -0.05) is 0 Å². The molecule has 0 aromatic heterocycles. The number of fused-ring (bicyclic) bond motifs is 5. The van der Waals surface area contributed by atoms with Crippen molar-refractivity contribution in [3.05, 3.63) is 0 Å². The molecule has 4 aliphatic rings. The Morgan fingerprint density at radius 1 is 0.789 bits per heavy atom. The number of hydrogen-bond acceptors (Lipinski definition) is 2. The second-order valence-corrected chi connectivity index (χ2v) is 7.65. The summed E-state index contributed by atoms with van der Waals surface area (Å²) in [4.78, 5) is 12.0. The van der Waals surface area contributed by atoms with Crippen molar-refractivity contribution in [1.29, 1.82) is 0 Å². The molecule has 106 valence electrons. The van der Waals surface area contributed by atoms with Gasteiger partial charge >= 0.3 is 0 Å². The Morgan fingerprint density at radius 3 is 2.42 bits per heavy atom. The molecule has 4 rings (SSSR count). The maximum atomic E-state index is 12.0. The zero-order valence-corrected chi connectivity index (χ0v) is 11.8. The number of carbonyl (C=O) groups excluding carboxylic acids is 1. The molecule has 0 spiro atoms. The molecule has 0 bridgehead atoms. The summed E-state index contributed by atoms with van der Waals surface area (Å²) in [7, 11) is 0. The van der Waals surface area contributed by atoms with Gasteiger partial charge in [0.05, 0.1) is 6.10 Å². The van der Waals surface area contributed by atoms with E-state index < -0.39 is 0 Å². The van der Waals surface area contributed by atoms with E-state index in [1.165, 1.54) is 38.5 Å². The highest BCUT2D eigenvalue weighted by atomic mass is 16.3. The first-order valence-corrected chi connectivity index (χ1v) is 8.45. The minimum Gasteiger partial charge on any atom is -0.393 e. The molecular formula is C17H26O2. The van der Waals surface area contributed by atoms with Crippen LogP contribution in [0.3, 0.4) is 0 Å². The standard InChI is InChI=1S/C17H26O2/c18-11-2-4-12-10(9-11)1-3-14-13(12)5-6-16-15(14)7-8-17(16)19/h10-16,18H,1-9H2/t10-,11+,12+,13-,14-,15+,16-/m1/s1. The van der Waals surface area contributed by atoms with Gasteiger partial charge in [0.1, 0.15) is 5.78 Å². The molecule has 1 N–H and O–H groups in total. The highest BCUT2D eigenvalue weighted by molar-refractivity contribution is 5.83. The number of carbonyl (C=O) groups is 1. The first-order chi connectivity index (χ1) is 9.24. The van der Waals surface area contributed by atoms with Crippen molar-refractivity contribution in [3.8, 4) is 0 Å². The number of Topliss-reactive ketones (excluding diaryl/α,β-unsaturated/α-hetero) is 1. The lowest BCUT2D eigenvalue weighted by Gasteiger charge is -2.52. The number of aliphatic hydroxyl groups excluding tert-OH is 1. The lowest BCUT2D eigenvalue weighted by molar-refractivity contribution is -0.124. The van der Waals surface area contributed by atoms with Gasteiger partial charge in [-0.05, 0) is 81.0 Å². The fourth-order valence-electron chi connectivity index (χ4n) is 6.25. The van der Waals surface area contributed by atoms with Crippen LogP contribution in [0.4, 0.5) is 0 Å². The van der Waals surface area contributed by atoms with E-state index in [2.05, 4.69) is 0 Å². The number of hydrogen-bond donors (Lipinski definition) is 1. The van der Waals surface area contributed by atoms with Crippen molar-refractivity contribution in [2.45, 2.75) is 63.9 Å². The van der Waals surface area contributed by atoms with Crippen LogP contribution in [0.15, 0.2) is 0 Å². The van der Waals surface area contributed by atoms with Crippen LogP contribution in [0.2, 0.25) is 0 Å². The van der Waals surface area contributed by atoms with E-state index in [0.29, 0.717) is 11.7 Å². The predicted molar refractivity (Wildman–Crippen MR) is 73.5 cm³/mol. The quantitative estimate of drug-likeness (QED) is 0.728. The molecule has 0 amide bonds. The van der Waals surface area contributed by atoms with E-state index in [-0.39, 0.29) is 6.10 Å². The minimum absolute atomic E-state index is 0.0257. The summed E-state index contributed by atoms with van der Waals surface area (Å²) < 4.78 is 0. The van der Waals surface area contributed by atoms with E-state index in [1.807, 2.05) is 0 Å². The van der Waals surface area contributed by atoms with Gasteiger partial charge in [-0.25, -0.2) is 0 Å². The molecule has 0 unspecified atom stereocenters. The minimum atomic E-state index is -0.0257. The molecule has 7 atom stereocenters. The summed E-state index contributed by atoms with van der Waals surface area (Å²) in [6, 6.07) is 0. The predicted octanol–water partition coefficient (Wildman–Crippen LogP) is 3.18. The summed E-state index contributed by atoms with van der Waals surface area (Å²) in [5.41, 5.74) is 0. The highest BCUT2D eigenvalue weighted by Crippen LogP contribution is 2.57. The van der Waals surface area contributed by atoms with Crippen LogP contribution >= 0.6 is 0 Å². The summed E-state index contributed by atoms with van der Waals surface area (Å²) in [6.07, 6.45) is 10.5. The van der Waals surface area contributed by atoms with Crippen molar-refractivity contribution >= 4 is 5.78 Å². The first-order valence-electron chi connectivity index (χ1n) is 8.45. The number of aliphatic hydroxyl groups is 1.